The molecular weight excluding hydrogens is 450 g/mol. The second-order valence-corrected chi connectivity index (χ2v) is 8.73. The minimum Gasteiger partial charge on any atom is -0.496 e. The van der Waals surface area contributed by atoms with Crippen molar-refractivity contribution in [3.63, 3.8) is 0 Å². The molecule has 4 rings (SSSR count). The number of amides is 1. The molecule has 1 aromatic heterocycles. The van der Waals surface area contributed by atoms with Gasteiger partial charge in [-0.25, -0.2) is 9.97 Å². The van der Waals surface area contributed by atoms with Crippen LogP contribution in [0.2, 0.25) is 0 Å². The zero-order valence-corrected chi connectivity index (χ0v) is 20.3. The molecule has 1 aliphatic heterocycles. The van der Waals surface area contributed by atoms with Crippen LogP contribution in [0.25, 0.3) is 0 Å². The molecule has 1 fully saturated rings. The van der Waals surface area contributed by atoms with Gasteiger partial charge < -0.3 is 24.6 Å². The Morgan fingerprint density at radius 2 is 1.62 bits per heavy atom. The quantitative estimate of drug-likeness (QED) is 0.370. The Morgan fingerprint density at radius 3 is 2.38 bits per heavy atom. The van der Waals surface area contributed by atoms with Gasteiger partial charge in [0.1, 0.15) is 28.7 Å². The van der Waals surface area contributed by atoms with Gasteiger partial charge in [0.2, 0.25) is 5.91 Å². The predicted molar refractivity (Wildman–Crippen MR) is 135 cm³/mol. The van der Waals surface area contributed by atoms with Gasteiger partial charge in [-0.3, -0.25) is 4.79 Å². The standard InChI is InChI=1S/C25H29N5O3S/c1-32-21-9-5-3-7-19(21)16-26-24(31)17-34-25-15-23(27-18-28-25)30-13-11-29(12-14-30)20-8-4-6-10-22(20)33-2/h3-10,15,18H,11-14,16-17H2,1-2H3,(H,26,31). The van der Waals surface area contributed by atoms with Crippen LogP contribution >= 0.6 is 11.8 Å². The number of nitrogens with zero attached hydrogens (tertiary/aromatic N) is 4. The van der Waals surface area contributed by atoms with Gasteiger partial charge in [-0.05, 0) is 18.2 Å². The summed E-state index contributed by atoms with van der Waals surface area (Å²) < 4.78 is 10.8. The summed E-state index contributed by atoms with van der Waals surface area (Å²) in [6.45, 7) is 3.86. The van der Waals surface area contributed by atoms with Gasteiger partial charge in [-0.1, -0.05) is 42.1 Å². The number of hydrogen-bond donors (Lipinski definition) is 1. The highest BCUT2D eigenvalue weighted by Gasteiger charge is 2.21. The van der Waals surface area contributed by atoms with Crippen LogP contribution in [-0.2, 0) is 11.3 Å². The number of benzene rings is 2. The van der Waals surface area contributed by atoms with Crippen molar-refractivity contribution < 1.29 is 14.3 Å². The third-order valence-electron chi connectivity index (χ3n) is 5.68. The summed E-state index contributed by atoms with van der Waals surface area (Å²) in [5.41, 5.74) is 2.06. The average molecular weight is 480 g/mol. The average Bonchev–Trinajstić information content (AvgIpc) is 2.91. The molecule has 0 aliphatic carbocycles. The third-order valence-corrected chi connectivity index (χ3v) is 6.60. The smallest absolute Gasteiger partial charge is 0.230 e. The molecule has 0 saturated carbocycles. The maximum atomic E-state index is 12.4. The first-order chi connectivity index (χ1) is 16.7. The summed E-state index contributed by atoms with van der Waals surface area (Å²) >= 11 is 1.41. The molecular formula is C25H29N5O3S. The number of methoxy groups -OCH3 is 2. The maximum Gasteiger partial charge on any atom is 0.230 e. The van der Waals surface area contributed by atoms with E-state index in [1.165, 1.54) is 11.8 Å². The fraction of sp³-hybridized carbons (Fsp3) is 0.320. The van der Waals surface area contributed by atoms with Gasteiger partial charge in [-0.2, -0.15) is 0 Å². The second kappa shape index (κ2) is 11.6. The van der Waals surface area contributed by atoms with Crippen molar-refractivity contribution in [2.24, 2.45) is 0 Å². The van der Waals surface area contributed by atoms with E-state index in [1.807, 2.05) is 48.5 Å². The van der Waals surface area contributed by atoms with Crippen molar-refractivity contribution >= 4 is 29.2 Å². The van der Waals surface area contributed by atoms with E-state index in [-0.39, 0.29) is 11.7 Å². The van der Waals surface area contributed by atoms with Gasteiger partial charge in [0.25, 0.3) is 0 Å². The summed E-state index contributed by atoms with van der Waals surface area (Å²) in [5.74, 6) is 2.77. The minimum atomic E-state index is -0.0542. The number of hydrogen-bond acceptors (Lipinski definition) is 8. The third kappa shape index (κ3) is 5.91. The van der Waals surface area contributed by atoms with E-state index in [2.05, 4.69) is 31.2 Å². The maximum absolute atomic E-state index is 12.4. The number of carbonyl (C=O) groups is 1. The lowest BCUT2D eigenvalue weighted by Crippen LogP contribution is -2.47. The van der Waals surface area contributed by atoms with E-state index in [1.54, 1.807) is 20.5 Å². The number of ether oxygens (including phenoxy) is 2. The zero-order valence-electron chi connectivity index (χ0n) is 19.4. The molecule has 0 spiro atoms. The molecule has 0 bridgehead atoms. The van der Waals surface area contributed by atoms with Crippen LogP contribution in [0.4, 0.5) is 11.5 Å². The van der Waals surface area contributed by atoms with Crippen LogP contribution in [-0.4, -0.2) is 62.0 Å². The van der Waals surface area contributed by atoms with E-state index in [9.17, 15) is 4.79 Å². The summed E-state index contributed by atoms with van der Waals surface area (Å²) in [6, 6.07) is 17.7. The first-order valence-electron chi connectivity index (χ1n) is 11.1. The Labute approximate surface area is 204 Å². The SMILES string of the molecule is COc1ccccc1CNC(=O)CSc1cc(N2CCN(c3ccccc3OC)CC2)ncn1. The van der Waals surface area contributed by atoms with Gasteiger partial charge in [0, 0.05) is 44.4 Å². The van der Waals surface area contributed by atoms with Crippen molar-refractivity contribution in [2.45, 2.75) is 11.6 Å². The Morgan fingerprint density at radius 1 is 0.941 bits per heavy atom. The first kappa shape index (κ1) is 23.7. The lowest BCUT2D eigenvalue weighted by Gasteiger charge is -2.37. The predicted octanol–water partition coefficient (Wildman–Crippen LogP) is 3.23. The number of aromatic nitrogens is 2. The number of thioether (sulfide) groups is 1. The van der Waals surface area contributed by atoms with Crippen LogP contribution in [0.15, 0.2) is 66.0 Å². The van der Waals surface area contributed by atoms with E-state index in [0.29, 0.717) is 6.54 Å². The molecule has 178 valence electrons. The lowest BCUT2D eigenvalue weighted by atomic mass is 10.2. The molecule has 1 saturated heterocycles. The molecule has 2 heterocycles. The van der Waals surface area contributed by atoms with E-state index < -0.39 is 0 Å². The molecule has 1 aliphatic rings. The number of piperazine rings is 1. The molecule has 1 amide bonds. The highest BCUT2D eigenvalue weighted by Crippen LogP contribution is 2.29. The Bertz CT molecular complexity index is 1110. The molecule has 0 radical (unpaired) electrons. The van der Waals surface area contributed by atoms with Crippen LogP contribution < -0.4 is 24.6 Å². The molecule has 8 nitrogen and oxygen atoms in total. The molecule has 34 heavy (non-hydrogen) atoms. The van der Waals surface area contributed by atoms with Gasteiger partial charge >= 0.3 is 0 Å². The second-order valence-electron chi connectivity index (χ2n) is 7.74. The summed E-state index contributed by atoms with van der Waals surface area (Å²) in [7, 11) is 3.33. The van der Waals surface area contributed by atoms with E-state index in [4.69, 9.17) is 9.47 Å². The van der Waals surface area contributed by atoms with Crippen LogP contribution in [0, 0.1) is 0 Å². The monoisotopic (exact) mass is 479 g/mol. The topological polar surface area (TPSA) is 79.8 Å². The van der Waals surface area contributed by atoms with Crippen LogP contribution in [0.5, 0.6) is 11.5 Å². The normalized spacial score (nSPS) is 13.5. The Balaban J connectivity index is 1.28. The fourth-order valence-electron chi connectivity index (χ4n) is 3.88. The number of nitrogens with one attached hydrogen (secondary N) is 1. The molecule has 9 heteroatoms. The van der Waals surface area contributed by atoms with Crippen molar-refractivity contribution in [1.82, 2.24) is 15.3 Å². The van der Waals surface area contributed by atoms with Crippen LogP contribution in [0.1, 0.15) is 5.56 Å². The highest BCUT2D eigenvalue weighted by molar-refractivity contribution is 7.99. The minimum absolute atomic E-state index is 0.0542. The number of rotatable bonds is 9. The van der Waals surface area contributed by atoms with E-state index in [0.717, 1.165) is 59.8 Å². The molecule has 2 aromatic carbocycles. The van der Waals surface area contributed by atoms with Crippen molar-refractivity contribution in [3.05, 3.63) is 66.5 Å². The molecule has 0 atom stereocenters. The van der Waals surface area contributed by atoms with Gasteiger partial charge in [-0.15, -0.1) is 0 Å². The number of carbonyl (C=O) groups excluding carboxylic acids is 1. The first-order valence-corrected chi connectivity index (χ1v) is 12.1. The Kier molecular flexibility index (Phi) is 8.08. The fourth-order valence-corrected chi connectivity index (χ4v) is 4.57. The summed E-state index contributed by atoms with van der Waals surface area (Å²) in [5, 5.41) is 3.72. The number of anilines is 2. The van der Waals surface area contributed by atoms with E-state index >= 15 is 0 Å². The van der Waals surface area contributed by atoms with Gasteiger partial charge in [0.05, 0.1) is 25.7 Å². The zero-order chi connectivity index (χ0) is 23.8. The highest BCUT2D eigenvalue weighted by atomic mass is 32.2. The molecule has 3 aromatic rings. The lowest BCUT2D eigenvalue weighted by molar-refractivity contribution is -0.118. The number of para-hydroxylation sites is 3. The summed E-state index contributed by atoms with van der Waals surface area (Å²) in [6.07, 6.45) is 1.57. The molecule has 0 unspecified atom stereocenters. The Hall–Kier alpha value is -3.46. The summed E-state index contributed by atoms with van der Waals surface area (Å²) in [4.78, 5) is 25.7. The molecule has 1 N–H and O–H groups in total. The van der Waals surface area contributed by atoms with Gasteiger partial charge in [0.15, 0.2) is 0 Å². The largest absolute Gasteiger partial charge is 0.496 e. The van der Waals surface area contributed by atoms with Crippen molar-refractivity contribution in [2.75, 3.05) is 56.0 Å². The van der Waals surface area contributed by atoms with Crippen molar-refractivity contribution in [3.8, 4) is 11.5 Å². The van der Waals surface area contributed by atoms with Crippen molar-refractivity contribution in [1.29, 1.82) is 0 Å². The van der Waals surface area contributed by atoms with Crippen LogP contribution in [0.3, 0.4) is 0 Å².